The predicted octanol–water partition coefficient (Wildman–Crippen LogP) is 6.93. The number of para-hydroxylation sites is 1. The number of anilines is 1. The van der Waals surface area contributed by atoms with E-state index in [9.17, 15) is 18.0 Å². The lowest BCUT2D eigenvalue weighted by molar-refractivity contribution is -0.140. The zero-order chi connectivity index (χ0) is 32.5. The summed E-state index contributed by atoms with van der Waals surface area (Å²) >= 11 is 6.07. The molecule has 1 aliphatic carbocycles. The molecule has 2 amide bonds. The van der Waals surface area contributed by atoms with Crippen LogP contribution in [0.5, 0.6) is 0 Å². The maximum absolute atomic E-state index is 14.6. The van der Waals surface area contributed by atoms with Gasteiger partial charge in [0, 0.05) is 24.0 Å². The highest BCUT2D eigenvalue weighted by Gasteiger charge is 2.35. The molecular weight excluding hydrogens is 618 g/mol. The van der Waals surface area contributed by atoms with Crippen molar-refractivity contribution in [3.05, 3.63) is 131 Å². The molecule has 1 N–H and O–H groups in total. The lowest BCUT2D eigenvalue weighted by atomic mass is 9.94. The maximum atomic E-state index is 14.6. The van der Waals surface area contributed by atoms with Gasteiger partial charge in [-0.15, -0.1) is 0 Å². The van der Waals surface area contributed by atoms with E-state index in [1.54, 1.807) is 35.2 Å². The van der Waals surface area contributed by atoms with Gasteiger partial charge in [-0.25, -0.2) is 8.42 Å². The number of carbonyl (C=O) groups is 2. The van der Waals surface area contributed by atoms with Gasteiger partial charge in [-0.05, 0) is 72.9 Å². The quantitative estimate of drug-likeness (QED) is 0.179. The number of nitrogens with one attached hydrogen (secondary N) is 1. The molecule has 5 rings (SSSR count). The average molecular weight is 658 g/mol. The first kappa shape index (κ1) is 33.2. The van der Waals surface area contributed by atoms with Crippen LogP contribution in [-0.4, -0.2) is 43.8 Å². The summed E-state index contributed by atoms with van der Waals surface area (Å²) in [5, 5.41) is 3.65. The Morgan fingerprint density at radius 2 is 1.43 bits per heavy atom. The van der Waals surface area contributed by atoms with Crippen LogP contribution in [0.2, 0.25) is 5.02 Å². The largest absolute Gasteiger partial charge is 0.352 e. The first-order valence-electron chi connectivity index (χ1n) is 15.7. The number of sulfonamides is 1. The van der Waals surface area contributed by atoms with Crippen molar-refractivity contribution in [2.45, 2.75) is 69.0 Å². The van der Waals surface area contributed by atoms with Gasteiger partial charge in [0.25, 0.3) is 10.0 Å². The molecule has 4 aromatic rings. The standard InChI is InChI=1S/C37H40ClN3O4S/c1-28-13-11-12-16-30(28)26-40(35(25-29-14-5-2-6-15-29)37(43)39-32-17-7-3-8-18-32)36(42)27-41(33-19-9-4-10-20-33)46(44,45)34-23-21-31(38)22-24-34/h2,4-6,9-16,19-24,32,35H,3,7-8,17-18,25-27H2,1H3,(H,39,43)/t35-/m1/s1. The van der Waals surface area contributed by atoms with E-state index in [4.69, 9.17) is 11.6 Å². The Morgan fingerprint density at radius 3 is 2.09 bits per heavy atom. The average Bonchev–Trinajstić information content (AvgIpc) is 3.07. The third-order valence-electron chi connectivity index (χ3n) is 8.55. The second kappa shape index (κ2) is 15.4. The summed E-state index contributed by atoms with van der Waals surface area (Å²) in [6, 6.07) is 31.0. The Kier molecular flexibility index (Phi) is 11.1. The summed E-state index contributed by atoms with van der Waals surface area (Å²) in [4.78, 5) is 30.4. The van der Waals surface area contributed by atoms with Crippen LogP contribution >= 0.6 is 11.6 Å². The molecule has 0 bridgehead atoms. The highest BCUT2D eigenvalue weighted by Crippen LogP contribution is 2.26. The van der Waals surface area contributed by atoms with Crippen molar-refractivity contribution in [1.82, 2.24) is 10.2 Å². The summed E-state index contributed by atoms with van der Waals surface area (Å²) in [5.41, 5.74) is 3.10. The van der Waals surface area contributed by atoms with E-state index in [0.717, 1.165) is 53.1 Å². The van der Waals surface area contributed by atoms with E-state index in [-0.39, 0.29) is 29.8 Å². The molecule has 0 saturated heterocycles. The van der Waals surface area contributed by atoms with Crippen molar-refractivity contribution in [1.29, 1.82) is 0 Å². The molecule has 9 heteroatoms. The summed E-state index contributed by atoms with van der Waals surface area (Å²) in [5.74, 6) is -0.714. The van der Waals surface area contributed by atoms with Gasteiger partial charge >= 0.3 is 0 Å². The third-order valence-corrected chi connectivity index (χ3v) is 10.6. The highest BCUT2D eigenvalue weighted by molar-refractivity contribution is 7.92. The molecule has 0 heterocycles. The monoisotopic (exact) mass is 657 g/mol. The second-order valence-electron chi connectivity index (χ2n) is 11.8. The smallest absolute Gasteiger partial charge is 0.264 e. The van der Waals surface area contributed by atoms with Gasteiger partial charge in [-0.3, -0.25) is 13.9 Å². The summed E-state index contributed by atoms with van der Waals surface area (Å²) in [6.07, 6.45) is 5.33. The van der Waals surface area contributed by atoms with E-state index >= 15 is 0 Å². The van der Waals surface area contributed by atoms with E-state index in [1.807, 2.05) is 61.5 Å². The van der Waals surface area contributed by atoms with Crippen LogP contribution in [0.1, 0.15) is 48.8 Å². The molecule has 1 fully saturated rings. The van der Waals surface area contributed by atoms with Gasteiger partial charge < -0.3 is 10.2 Å². The number of halogens is 1. The molecule has 7 nitrogen and oxygen atoms in total. The number of hydrogen-bond acceptors (Lipinski definition) is 4. The van der Waals surface area contributed by atoms with Crippen molar-refractivity contribution in [3.63, 3.8) is 0 Å². The van der Waals surface area contributed by atoms with Crippen LogP contribution in [-0.2, 0) is 32.6 Å². The van der Waals surface area contributed by atoms with E-state index in [2.05, 4.69) is 5.32 Å². The van der Waals surface area contributed by atoms with Gasteiger partial charge in [0.1, 0.15) is 12.6 Å². The Bertz CT molecular complexity index is 1710. The number of carbonyl (C=O) groups excluding carboxylic acids is 2. The van der Waals surface area contributed by atoms with Crippen LogP contribution in [0.4, 0.5) is 5.69 Å². The van der Waals surface area contributed by atoms with Gasteiger partial charge in [0.2, 0.25) is 11.8 Å². The van der Waals surface area contributed by atoms with E-state index in [1.165, 1.54) is 24.3 Å². The van der Waals surface area contributed by atoms with Crippen LogP contribution < -0.4 is 9.62 Å². The fraction of sp³-hybridized carbons (Fsp3) is 0.297. The van der Waals surface area contributed by atoms with Gasteiger partial charge in [0.05, 0.1) is 10.6 Å². The molecule has 0 aliphatic heterocycles. The number of aryl methyl sites for hydroxylation is 1. The molecule has 46 heavy (non-hydrogen) atoms. The minimum absolute atomic E-state index is 0.00915. The zero-order valence-electron chi connectivity index (χ0n) is 26.0. The Labute approximate surface area is 277 Å². The topological polar surface area (TPSA) is 86.8 Å². The third kappa shape index (κ3) is 8.36. The highest BCUT2D eigenvalue weighted by atomic mass is 35.5. The Morgan fingerprint density at radius 1 is 0.826 bits per heavy atom. The van der Waals surface area contributed by atoms with Crippen LogP contribution in [0.25, 0.3) is 0 Å². The minimum Gasteiger partial charge on any atom is -0.352 e. The zero-order valence-corrected chi connectivity index (χ0v) is 27.6. The number of hydrogen-bond donors (Lipinski definition) is 1. The molecule has 240 valence electrons. The number of amides is 2. The van der Waals surface area contributed by atoms with Gasteiger partial charge in [-0.2, -0.15) is 0 Å². The lowest BCUT2D eigenvalue weighted by Gasteiger charge is -2.35. The van der Waals surface area contributed by atoms with Crippen molar-refractivity contribution in [3.8, 4) is 0 Å². The molecule has 4 aromatic carbocycles. The van der Waals surface area contributed by atoms with Gasteiger partial charge in [-0.1, -0.05) is 104 Å². The first-order valence-corrected chi connectivity index (χ1v) is 17.6. The summed E-state index contributed by atoms with van der Waals surface area (Å²) < 4.78 is 29.3. The molecule has 1 saturated carbocycles. The Balaban J connectivity index is 1.55. The number of nitrogens with zero attached hydrogens (tertiary/aromatic N) is 2. The molecule has 1 aliphatic rings. The second-order valence-corrected chi connectivity index (χ2v) is 14.1. The van der Waals surface area contributed by atoms with Crippen LogP contribution in [0, 0.1) is 6.92 Å². The minimum atomic E-state index is -4.18. The molecule has 1 atom stereocenters. The molecule has 0 spiro atoms. The lowest BCUT2D eigenvalue weighted by Crippen LogP contribution is -2.55. The number of rotatable bonds is 12. The van der Waals surface area contributed by atoms with E-state index in [0.29, 0.717) is 10.7 Å². The van der Waals surface area contributed by atoms with Gasteiger partial charge in [0.15, 0.2) is 0 Å². The fourth-order valence-corrected chi connectivity index (χ4v) is 7.47. The van der Waals surface area contributed by atoms with Crippen LogP contribution in [0.3, 0.4) is 0 Å². The maximum Gasteiger partial charge on any atom is 0.264 e. The molecular formula is C37H40ClN3O4S. The SMILES string of the molecule is Cc1ccccc1CN(C(=O)CN(c1ccccc1)S(=O)(=O)c1ccc(Cl)cc1)[C@H](Cc1ccccc1)C(=O)NC1CCCCC1. The summed E-state index contributed by atoms with van der Waals surface area (Å²) in [6.45, 7) is 1.61. The van der Waals surface area contributed by atoms with Crippen molar-refractivity contribution >= 4 is 39.1 Å². The molecule has 0 aromatic heterocycles. The predicted molar refractivity (Wildman–Crippen MR) is 183 cm³/mol. The molecule has 0 radical (unpaired) electrons. The fourth-order valence-electron chi connectivity index (χ4n) is 5.93. The van der Waals surface area contributed by atoms with Crippen molar-refractivity contribution in [2.75, 3.05) is 10.8 Å². The van der Waals surface area contributed by atoms with Crippen LogP contribution in [0.15, 0.2) is 114 Å². The molecule has 0 unspecified atom stereocenters. The van der Waals surface area contributed by atoms with E-state index < -0.39 is 28.5 Å². The van der Waals surface area contributed by atoms with Crippen molar-refractivity contribution < 1.29 is 18.0 Å². The Hall–Kier alpha value is -4.14. The normalized spacial score (nSPS) is 14.3. The summed E-state index contributed by atoms with van der Waals surface area (Å²) in [7, 11) is -4.18. The number of benzene rings is 4. The first-order chi connectivity index (χ1) is 22.2. The van der Waals surface area contributed by atoms with Crippen molar-refractivity contribution in [2.24, 2.45) is 0 Å².